The quantitative estimate of drug-likeness (QED) is 0.595. The molecular weight excluding hydrogens is 308 g/mol. The summed E-state index contributed by atoms with van der Waals surface area (Å²) < 4.78 is 3.60. The van der Waals surface area contributed by atoms with Gasteiger partial charge in [-0.15, -0.1) is 0 Å². The standard InChI is InChI=1S/C14H18N2O2.BrH/c1-15-9-5-3-7-11(15)13(17)14(18)12-8-4-6-10-16(12)2;/h3-10,13-14,17-18H,1-2H3;1H/q+2;/p-1. The van der Waals surface area contributed by atoms with Gasteiger partial charge in [0.1, 0.15) is 14.1 Å². The first-order valence-electron chi connectivity index (χ1n) is 5.86. The summed E-state index contributed by atoms with van der Waals surface area (Å²) in [6.45, 7) is 0. The molecule has 2 aromatic rings. The zero-order chi connectivity index (χ0) is 13.1. The van der Waals surface area contributed by atoms with Crippen molar-refractivity contribution in [3.8, 4) is 0 Å². The van der Waals surface area contributed by atoms with Gasteiger partial charge in [-0.1, -0.05) is 12.1 Å². The number of pyridine rings is 2. The van der Waals surface area contributed by atoms with E-state index in [2.05, 4.69) is 0 Å². The van der Waals surface area contributed by atoms with Crippen molar-refractivity contribution in [1.82, 2.24) is 0 Å². The fraction of sp³-hybridized carbons (Fsp3) is 0.286. The van der Waals surface area contributed by atoms with Crippen molar-refractivity contribution in [3.63, 3.8) is 0 Å². The molecule has 4 nitrogen and oxygen atoms in total. The molecule has 0 radical (unpaired) electrons. The Morgan fingerprint density at radius 2 is 1.16 bits per heavy atom. The number of hydrogen-bond donors (Lipinski definition) is 2. The van der Waals surface area contributed by atoms with Crippen LogP contribution in [0, 0.1) is 0 Å². The summed E-state index contributed by atoms with van der Waals surface area (Å²) in [5.41, 5.74) is 1.35. The van der Waals surface area contributed by atoms with Crippen LogP contribution in [0.5, 0.6) is 0 Å². The molecule has 2 atom stereocenters. The van der Waals surface area contributed by atoms with Crippen LogP contribution in [0.2, 0.25) is 0 Å². The molecule has 2 heterocycles. The Labute approximate surface area is 123 Å². The highest BCUT2D eigenvalue weighted by atomic mass is 79.9. The molecule has 0 aliphatic rings. The van der Waals surface area contributed by atoms with Crippen molar-refractivity contribution >= 4 is 0 Å². The van der Waals surface area contributed by atoms with E-state index in [-0.39, 0.29) is 17.0 Å². The molecule has 0 aliphatic carbocycles. The highest BCUT2D eigenvalue weighted by molar-refractivity contribution is 5.08. The molecule has 2 N–H and O–H groups in total. The predicted octanol–water partition coefficient (Wildman–Crippen LogP) is -2.89. The second-order valence-electron chi connectivity index (χ2n) is 4.36. The minimum Gasteiger partial charge on any atom is -1.00 e. The molecule has 0 amide bonds. The highest BCUT2D eigenvalue weighted by Gasteiger charge is 2.31. The zero-order valence-electron chi connectivity index (χ0n) is 10.9. The van der Waals surface area contributed by atoms with Gasteiger partial charge in [-0.05, 0) is 0 Å². The van der Waals surface area contributed by atoms with Crippen LogP contribution in [0.25, 0.3) is 0 Å². The van der Waals surface area contributed by atoms with E-state index in [1.54, 1.807) is 21.3 Å². The van der Waals surface area contributed by atoms with Gasteiger partial charge >= 0.3 is 0 Å². The number of aliphatic hydroxyl groups excluding tert-OH is 2. The number of hydrogen-bond acceptors (Lipinski definition) is 2. The van der Waals surface area contributed by atoms with E-state index in [4.69, 9.17) is 0 Å². The van der Waals surface area contributed by atoms with Crippen LogP contribution in [-0.2, 0) is 14.1 Å². The van der Waals surface area contributed by atoms with Crippen molar-refractivity contribution in [2.45, 2.75) is 12.2 Å². The first-order chi connectivity index (χ1) is 8.61. The predicted molar refractivity (Wildman–Crippen MR) is 65.2 cm³/mol. The van der Waals surface area contributed by atoms with E-state index < -0.39 is 12.2 Å². The number of aliphatic hydroxyl groups is 2. The van der Waals surface area contributed by atoms with Crippen LogP contribution >= 0.6 is 0 Å². The highest BCUT2D eigenvalue weighted by Crippen LogP contribution is 2.24. The maximum absolute atomic E-state index is 10.3. The van der Waals surface area contributed by atoms with Crippen LogP contribution in [0.15, 0.2) is 48.8 Å². The Morgan fingerprint density at radius 1 is 0.789 bits per heavy atom. The van der Waals surface area contributed by atoms with Crippen molar-refractivity contribution in [1.29, 1.82) is 0 Å². The van der Waals surface area contributed by atoms with Gasteiger partial charge in [0.05, 0.1) is 0 Å². The van der Waals surface area contributed by atoms with Crippen LogP contribution in [0.1, 0.15) is 23.6 Å². The normalized spacial score (nSPS) is 13.5. The summed E-state index contributed by atoms with van der Waals surface area (Å²) in [5, 5.41) is 20.5. The molecule has 0 fully saturated rings. The van der Waals surface area contributed by atoms with E-state index in [0.29, 0.717) is 11.4 Å². The molecule has 102 valence electrons. The first kappa shape index (κ1) is 15.8. The topological polar surface area (TPSA) is 48.2 Å². The molecule has 0 bridgehead atoms. The van der Waals surface area contributed by atoms with Gasteiger partial charge in [-0.3, -0.25) is 0 Å². The van der Waals surface area contributed by atoms with E-state index in [0.717, 1.165) is 0 Å². The van der Waals surface area contributed by atoms with Crippen LogP contribution < -0.4 is 26.1 Å². The van der Waals surface area contributed by atoms with Crippen LogP contribution in [-0.4, -0.2) is 10.2 Å². The van der Waals surface area contributed by atoms with Gasteiger partial charge in [-0.25, -0.2) is 9.13 Å². The van der Waals surface area contributed by atoms with Gasteiger partial charge in [0, 0.05) is 24.3 Å². The molecule has 2 rings (SSSR count). The first-order valence-corrected chi connectivity index (χ1v) is 5.86. The fourth-order valence-corrected chi connectivity index (χ4v) is 2.01. The summed E-state index contributed by atoms with van der Waals surface area (Å²) in [7, 11) is 3.69. The zero-order valence-corrected chi connectivity index (χ0v) is 12.5. The van der Waals surface area contributed by atoms with Gasteiger partial charge in [0.25, 0.3) is 0 Å². The fourth-order valence-electron chi connectivity index (χ4n) is 2.01. The minimum atomic E-state index is -0.954. The summed E-state index contributed by atoms with van der Waals surface area (Å²) in [6, 6.07) is 11.1. The number of halogens is 1. The molecule has 0 aromatic carbocycles. The molecular formula is C14H18BrN2O2+. The van der Waals surface area contributed by atoms with E-state index in [1.165, 1.54) is 0 Å². The largest absolute Gasteiger partial charge is 1.00 e. The third-order valence-electron chi connectivity index (χ3n) is 3.10. The van der Waals surface area contributed by atoms with E-state index in [9.17, 15) is 10.2 Å². The molecule has 19 heavy (non-hydrogen) atoms. The third kappa shape index (κ3) is 3.37. The SMILES string of the molecule is C[n+]1ccccc1C(O)C(O)c1cccc[n+]1C.[Br-]. The van der Waals surface area contributed by atoms with Crippen molar-refractivity contribution in [3.05, 3.63) is 60.2 Å². The molecule has 0 spiro atoms. The molecule has 0 aliphatic heterocycles. The van der Waals surface area contributed by atoms with Crippen molar-refractivity contribution in [2.24, 2.45) is 14.1 Å². The molecule has 2 aromatic heterocycles. The lowest BCUT2D eigenvalue weighted by molar-refractivity contribution is -0.691. The summed E-state index contributed by atoms with van der Waals surface area (Å²) >= 11 is 0. The van der Waals surface area contributed by atoms with Crippen LogP contribution in [0.4, 0.5) is 0 Å². The molecule has 5 heteroatoms. The van der Waals surface area contributed by atoms with E-state index >= 15 is 0 Å². The number of nitrogens with zero attached hydrogens (tertiary/aromatic N) is 2. The number of aryl methyl sites for hydroxylation is 2. The second-order valence-corrected chi connectivity index (χ2v) is 4.36. The van der Waals surface area contributed by atoms with E-state index in [1.807, 2.05) is 50.8 Å². The summed E-state index contributed by atoms with van der Waals surface area (Å²) in [5.74, 6) is 0. The summed E-state index contributed by atoms with van der Waals surface area (Å²) in [6.07, 6.45) is 1.78. The lowest BCUT2D eigenvalue weighted by atomic mass is 10.1. The minimum absolute atomic E-state index is 0. The Hall–Kier alpha value is -1.30. The maximum Gasteiger partial charge on any atom is 0.213 e. The monoisotopic (exact) mass is 325 g/mol. The van der Waals surface area contributed by atoms with Gasteiger partial charge in [-0.2, -0.15) is 0 Å². The third-order valence-corrected chi connectivity index (χ3v) is 3.10. The maximum atomic E-state index is 10.3. The Balaban J connectivity index is 0.00000180. The average Bonchev–Trinajstić information content (AvgIpc) is 2.38. The average molecular weight is 326 g/mol. The van der Waals surface area contributed by atoms with Gasteiger partial charge < -0.3 is 27.2 Å². The Bertz CT molecular complexity index is 499. The lowest BCUT2D eigenvalue weighted by Crippen LogP contribution is -3.00. The number of rotatable bonds is 3. The van der Waals surface area contributed by atoms with Crippen molar-refractivity contribution < 1.29 is 36.3 Å². The van der Waals surface area contributed by atoms with Crippen molar-refractivity contribution in [2.75, 3.05) is 0 Å². The molecule has 2 unspecified atom stereocenters. The summed E-state index contributed by atoms with van der Waals surface area (Å²) in [4.78, 5) is 0. The smallest absolute Gasteiger partial charge is 0.213 e. The van der Waals surface area contributed by atoms with Gasteiger partial charge in [0.2, 0.25) is 11.4 Å². The van der Waals surface area contributed by atoms with Gasteiger partial charge in [0.15, 0.2) is 24.6 Å². The number of aromatic nitrogens is 2. The second kappa shape index (κ2) is 6.75. The lowest BCUT2D eigenvalue weighted by Gasteiger charge is -2.14. The Kier molecular flexibility index (Phi) is 5.60. The molecule has 0 saturated carbocycles. The van der Waals surface area contributed by atoms with Crippen LogP contribution in [0.3, 0.4) is 0 Å². The molecule has 0 saturated heterocycles. The Morgan fingerprint density at radius 3 is 1.47 bits per heavy atom.